The summed E-state index contributed by atoms with van der Waals surface area (Å²) in [5, 5.41) is 9.86. The predicted molar refractivity (Wildman–Crippen MR) is 110 cm³/mol. The second-order valence-electron chi connectivity index (χ2n) is 6.80. The van der Waals surface area contributed by atoms with Gasteiger partial charge in [0.25, 0.3) is 11.8 Å². The highest BCUT2D eigenvalue weighted by atomic mass is 32.2. The Balaban J connectivity index is 1.42. The van der Waals surface area contributed by atoms with Gasteiger partial charge in [-0.1, -0.05) is 23.9 Å². The van der Waals surface area contributed by atoms with Crippen molar-refractivity contribution in [2.24, 2.45) is 0 Å². The smallest absolute Gasteiger partial charge is 0.288 e. The molecule has 0 radical (unpaired) electrons. The number of anilines is 1. The largest absolute Gasteiger partial charge is 0.305 e. The first-order valence-electron chi connectivity index (χ1n) is 9.72. The van der Waals surface area contributed by atoms with E-state index in [1.165, 1.54) is 18.2 Å². The first-order valence-corrected chi connectivity index (χ1v) is 10.7. The van der Waals surface area contributed by atoms with Gasteiger partial charge in [-0.05, 0) is 38.3 Å². The summed E-state index contributed by atoms with van der Waals surface area (Å²) in [5.41, 5.74) is 0.529. The van der Waals surface area contributed by atoms with Gasteiger partial charge in [-0.3, -0.25) is 24.0 Å². The standard InChI is InChI=1S/C19H22N6O3S/c1-2-24-18(27)14-8-4-5-9-15(14)20-19(24)29-13-16(26)21-17-12-25(22-28-17)23-10-6-3-7-11-23/h4-5,8-9,12H,2-3,6-7,10-11,13H2,1H3/p+1. The lowest BCUT2D eigenvalue weighted by Gasteiger charge is -2.17. The number of nitrogens with zero attached hydrogens (tertiary/aromatic N) is 5. The van der Waals surface area contributed by atoms with Crippen LogP contribution in [0.1, 0.15) is 26.2 Å². The Morgan fingerprint density at radius 3 is 2.86 bits per heavy atom. The van der Waals surface area contributed by atoms with Crippen molar-refractivity contribution in [1.29, 1.82) is 0 Å². The molecule has 0 atom stereocenters. The van der Waals surface area contributed by atoms with Crippen LogP contribution in [0.3, 0.4) is 0 Å². The van der Waals surface area contributed by atoms with E-state index in [4.69, 9.17) is 4.52 Å². The molecule has 1 fully saturated rings. The number of benzene rings is 1. The van der Waals surface area contributed by atoms with Crippen LogP contribution in [0.4, 0.5) is 5.88 Å². The molecule has 3 aromatic rings. The maximum Gasteiger partial charge on any atom is 0.305 e. The van der Waals surface area contributed by atoms with Gasteiger partial charge < -0.3 is 0 Å². The second-order valence-corrected chi connectivity index (χ2v) is 7.74. The molecule has 0 saturated carbocycles. The summed E-state index contributed by atoms with van der Waals surface area (Å²) in [6, 6.07) is 7.22. The van der Waals surface area contributed by atoms with Crippen LogP contribution in [0.2, 0.25) is 0 Å². The fraction of sp³-hybridized carbons (Fsp3) is 0.421. The van der Waals surface area contributed by atoms with Crippen molar-refractivity contribution in [2.75, 3.05) is 29.2 Å². The van der Waals surface area contributed by atoms with Crippen LogP contribution < -0.4 is 20.7 Å². The molecule has 2 aromatic heterocycles. The minimum atomic E-state index is -0.248. The topological polar surface area (TPSA) is 97.1 Å². The number of nitrogens with one attached hydrogen (secondary N) is 1. The van der Waals surface area contributed by atoms with Gasteiger partial charge in [-0.25, -0.2) is 4.98 Å². The Morgan fingerprint density at radius 2 is 2.07 bits per heavy atom. The van der Waals surface area contributed by atoms with Crippen LogP contribution in [-0.4, -0.2) is 39.6 Å². The van der Waals surface area contributed by atoms with E-state index in [0.29, 0.717) is 28.5 Å². The van der Waals surface area contributed by atoms with E-state index in [1.807, 2.05) is 19.1 Å². The van der Waals surface area contributed by atoms with Crippen molar-refractivity contribution in [3.05, 3.63) is 40.8 Å². The maximum absolute atomic E-state index is 12.6. The third-order valence-electron chi connectivity index (χ3n) is 4.82. The molecule has 4 rings (SSSR count). The summed E-state index contributed by atoms with van der Waals surface area (Å²) in [5.74, 6) is 0.150. The highest BCUT2D eigenvalue weighted by molar-refractivity contribution is 7.99. The van der Waals surface area contributed by atoms with Crippen molar-refractivity contribution in [3.63, 3.8) is 0 Å². The van der Waals surface area contributed by atoms with Gasteiger partial charge in [0, 0.05) is 6.54 Å². The molecule has 3 heterocycles. The lowest BCUT2D eigenvalue weighted by Crippen LogP contribution is -2.60. The molecule has 1 aromatic carbocycles. The van der Waals surface area contributed by atoms with E-state index in [2.05, 4.69) is 20.6 Å². The van der Waals surface area contributed by atoms with E-state index in [1.54, 1.807) is 27.7 Å². The molecule has 1 aliphatic heterocycles. The number of fused-ring (bicyclic) bond motifs is 1. The first-order chi connectivity index (χ1) is 14.2. The number of thioether (sulfide) groups is 1. The molecular formula is C19H23N6O3S+. The van der Waals surface area contributed by atoms with E-state index >= 15 is 0 Å². The predicted octanol–water partition coefficient (Wildman–Crippen LogP) is 1.54. The number of carbonyl (C=O) groups excluding carboxylic acids is 1. The van der Waals surface area contributed by atoms with Crippen LogP contribution in [-0.2, 0) is 11.3 Å². The lowest BCUT2D eigenvalue weighted by molar-refractivity contribution is -0.759. The van der Waals surface area contributed by atoms with Crippen molar-refractivity contribution in [3.8, 4) is 0 Å². The maximum atomic E-state index is 12.6. The Labute approximate surface area is 171 Å². The zero-order valence-electron chi connectivity index (χ0n) is 16.2. The molecule has 29 heavy (non-hydrogen) atoms. The summed E-state index contributed by atoms with van der Waals surface area (Å²) in [6.07, 6.45) is 5.14. The zero-order valence-corrected chi connectivity index (χ0v) is 17.0. The summed E-state index contributed by atoms with van der Waals surface area (Å²) in [4.78, 5) is 31.2. The van der Waals surface area contributed by atoms with Crippen LogP contribution in [0, 0.1) is 0 Å². The fourth-order valence-corrected chi connectivity index (χ4v) is 4.21. The highest BCUT2D eigenvalue weighted by Gasteiger charge is 2.23. The zero-order chi connectivity index (χ0) is 20.2. The Bertz CT molecular complexity index is 1070. The number of piperidine rings is 1. The number of rotatable bonds is 6. The summed E-state index contributed by atoms with van der Waals surface area (Å²) in [6.45, 7) is 4.21. The molecule has 9 nitrogen and oxygen atoms in total. The molecule has 0 aliphatic carbocycles. The first kappa shape index (κ1) is 19.4. The number of carbonyl (C=O) groups is 1. The Kier molecular flexibility index (Phi) is 5.79. The van der Waals surface area contributed by atoms with Gasteiger partial charge in [-0.2, -0.15) is 5.01 Å². The number of para-hydroxylation sites is 1. The quantitative estimate of drug-likeness (QED) is 0.371. The molecule has 1 saturated heterocycles. The molecule has 0 bridgehead atoms. The van der Waals surface area contributed by atoms with Crippen LogP contribution in [0.15, 0.2) is 44.9 Å². The Morgan fingerprint density at radius 1 is 1.28 bits per heavy atom. The summed E-state index contributed by atoms with van der Waals surface area (Å²) >= 11 is 1.22. The minimum absolute atomic E-state index is 0.0983. The Hall–Kier alpha value is -2.88. The summed E-state index contributed by atoms with van der Waals surface area (Å²) < 4.78 is 6.80. The molecular weight excluding hydrogens is 392 g/mol. The molecule has 0 unspecified atom stereocenters. The monoisotopic (exact) mass is 415 g/mol. The van der Waals surface area contributed by atoms with Crippen molar-refractivity contribution >= 4 is 34.5 Å². The third kappa shape index (κ3) is 4.26. The van der Waals surface area contributed by atoms with Crippen LogP contribution in [0.25, 0.3) is 10.9 Å². The van der Waals surface area contributed by atoms with Gasteiger partial charge in [0.2, 0.25) is 11.2 Å². The van der Waals surface area contributed by atoms with Crippen LogP contribution >= 0.6 is 11.8 Å². The summed E-state index contributed by atoms with van der Waals surface area (Å²) in [7, 11) is 0. The highest BCUT2D eigenvalue weighted by Crippen LogP contribution is 2.18. The van der Waals surface area contributed by atoms with Gasteiger partial charge >= 0.3 is 5.88 Å². The van der Waals surface area contributed by atoms with Gasteiger partial charge in [0.15, 0.2) is 5.16 Å². The number of amides is 1. The molecule has 152 valence electrons. The number of hydrogen-bond donors (Lipinski definition) is 1. The average molecular weight is 415 g/mol. The van der Waals surface area contributed by atoms with Crippen molar-refractivity contribution < 1.29 is 14.1 Å². The van der Waals surface area contributed by atoms with Crippen molar-refractivity contribution in [1.82, 2.24) is 14.8 Å². The van der Waals surface area contributed by atoms with Gasteiger partial charge in [0.05, 0.1) is 34.5 Å². The van der Waals surface area contributed by atoms with E-state index in [-0.39, 0.29) is 17.2 Å². The van der Waals surface area contributed by atoms with E-state index in [9.17, 15) is 9.59 Å². The van der Waals surface area contributed by atoms with Crippen LogP contribution in [0.5, 0.6) is 0 Å². The molecule has 1 N–H and O–H groups in total. The number of aromatic nitrogens is 4. The van der Waals surface area contributed by atoms with E-state index < -0.39 is 0 Å². The minimum Gasteiger partial charge on any atom is -0.288 e. The molecule has 10 heteroatoms. The van der Waals surface area contributed by atoms with Gasteiger partial charge in [-0.15, -0.1) is 0 Å². The second kappa shape index (κ2) is 8.64. The third-order valence-corrected chi connectivity index (χ3v) is 5.79. The SMILES string of the molecule is CCn1c(SCC(=O)Nc2c[n+](N3CCCCC3)no2)nc2ccccc2c1=O. The number of hydrogen-bond acceptors (Lipinski definition) is 7. The lowest BCUT2D eigenvalue weighted by atomic mass is 10.2. The van der Waals surface area contributed by atoms with E-state index in [0.717, 1.165) is 25.9 Å². The normalized spacial score (nSPS) is 14.3. The molecule has 0 spiro atoms. The molecule has 1 aliphatic rings. The van der Waals surface area contributed by atoms with Gasteiger partial charge in [0.1, 0.15) is 0 Å². The molecule has 1 amide bonds. The van der Waals surface area contributed by atoms with Crippen molar-refractivity contribution in [2.45, 2.75) is 37.9 Å². The fourth-order valence-electron chi connectivity index (χ4n) is 3.35. The average Bonchev–Trinajstić information content (AvgIpc) is 3.21.